The Bertz CT molecular complexity index is 604. The summed E-state index contributed by atoms with van der Waals surface area (Å²) in [4.78, 5) is 9.09. The normalized spacial score (nSPS) is 18.6. The minimum Gasteiger partial charge on any atom is -0.330 e. The van der Waals surface area contributed by atoms with Gasteiger partial charge in [0.15, 0.2) is 0 Å². The molecule has 0 bridgehead atoms. The summed E-state index contributed by atoms with van der Waals surface area (Å²) in [6, 6.07) is 0.706. The second-order valence-corrected chi connectivity index (χ2v) is 5.87. The van der Waals surface area contributed by atoms with Gasteiger partial charge in [0.2, 0.25) is 0 Å². The molecule has 0 radical (unpaired) electrons. The van der Waals surface area contributed by atoms with E-state index in [1.807, 2.05) is 12.5 Å². The van der Waals surface area contributed by atoms with E-state index < -0.39 is 0 Å². The highest BCUT2D eigenvalue weighted by atomic mass is 15.2. The van der Waals surface area contributed by atoms with Gasteiger partial charge in [-0.15, -0.1) is 0 Å². The van der Waals surface area contributed by atoms with Crippen molar-refractivity contribution in [2.75, 3.05) is 0 Å². The molecule has 2 aromatic rings. The lowest BCUT2D eigenvalue weighted by molar-refractivity contribution is 0.599. The highest BCUT2D eigenvalue weighted by Gasteiger charge is 2.26. The SMILES string of the molecule is Cc1nc2c(n1Cc1cncn1C1CC1)CCCC2. The lowest BCUT2D eigenvalue weighted by Gasteiger charge is -2.15. The van der Waals surface area contributed by atoms with Gasteiger partial charge >= 0.3 is 0 Å². The molecule has 4 heteroatoms. The van der Waals surface area contributed by atoms with E-state index >= 15 is 0 Å². The number of nitrogens with zero attached hydrogens (tertiary/aromatic N) is 4. The summed E-state index contributed by atoms with van der Waals surface area (Å²) in [5.41, 5.74) is 4.13. The van der Waals surface area contributed by atoms with Crippen molar-refractivity contribution in [2.45, 2.75) is 58.0 Å². The molecule has 1 saturated carbocycles. The summed E-state index contributed by atoms with van der Waals surface area (Å²) in [7, 11) is 0. The fourth-order valence-corrected chi connectivity index (χ4v) is 3.24. The number of aromatic nitrogens is 4. The number of hydrogen-bond donors (Lipinski definition) is 0. The molecule has 4 rings (SSSR count). The molecule has 0 saturated heterocycles. The minimum atomic E-state index is 0.706. The van der Waals surface area contributed by atoms with Gasteiger partial charge < -0.3 is 9.13 Å². The van der Waals surface area contributed by atoms with Gasteiger partial charge in [-0.2, -0.15) is 0 Å². The lowest BCUT2D eigenvalue weighted by atomic mass is 10.0. The predicted octanol–water partition coefficient (Wildman–Crippen LogP) is 2.65. The summed E-state index contributed by atoms with van der Waals surface area (Å²) in [5, 5.41) is 0. The van der Waals surface area contributed by atoms with Gasteiger partial charge in [-0.05, 0) is 45.4 Å². The summed E-state index contributed by atoms with van der Waals surface area (Å²) >= 11 is 0. The Balaban J connectivity index is 1.69. The molecule has 0 aliphatic heterocycles. The van der Waals surface area contributed by atoms with E-state index in [1.54, 1.807) is 0 Å². The minimum absolute atomic E-state index is 0.706. The Labute approximate surface area is 113 Å². The molecule has 2 aliphatic rings. The maximum Gasteiger partial charge on any atom is 0.106 e. The van der Waals surface area contributed by atoms with Crippen LogP contribution < -0.4 is 0 Å². The van der Waals surface area contributed by atoms with E-state index in [0.717, 1.165) is 18.8 Å². The molecule has 2 aliphatic carbocycles. The van der Waals surface area contributed by atoms with Crippen LogP contribution in [-0.4, -0.2) is 19.1 Å². The van der Waals surface area contributed by atoms with Gasteiger partial charge in [0.1, 0.15) is 5.82 Å². The number of rotatable bonds is 3. The largest absolute Gasteiger partial charge is 0.330 e. The molecule has 2 heterocycles. The third-order valence-corrected chi connectivity index (χ3v) is 4.43. The maximum absolute atomic E-state index is 4.76. The molecule has 19 heavy (non-hydrogen) atoms. The smallest absolute Gasteiger partial charge is 0.106 e. The lowest BCUT2D eigenvalue weighted by Crippen LogP contribution is -2.12. The van der Waals surface area contributed by atoms with Crippen LogP contribution in [0.3, 0.4) is 0 Å². The third-order valence-electron chi connectivity index (χ3n) is 4.43. The van der Waals surface area contributed by atoms with Crippen molar-refractivity contribution in [2.24, 2.45) is 0 Å². The van der Waals surface area contributed by atoms with E-state index in [2.05, 4.69) is 21.0 Å². The van der Waals surface area contributed by atoms with Gasteiger partial charge in [-0.3, -0.25) is 0 Å². The summed E-state index contributed by atoms with van der Waals surface area (Å²) < 4.78 is 4.76. The first-order valence-corrected chi connectivity index (χ1v) is 7.38. The molecule has 0 N–H and O–H groups in total. The topological polar surface area (TPSA) is 35.6 Å². The molecular weight excluding hydrogens is 236 g/mol. The average molecular weight is 256 g/mol. The molecule has 100 valence electrons. The van der Waals surface area contributed by atoms with Crippen molar-refractivity contribution in [1.29, 1.82) is 0 Å². The molecule has 0 amide bonds. The average Bonchev–Trinajstić information content (AvgIpc) is 3.08. The summed E-state index contributed by atoms with van der Waals surface area (Å²) in [6.07, 6.45) is 11.6. The maximum atomic E-state index is 4.76. The zero-order chi connectivity index (χ0) is 12.8. The number of imidazole rings is 2. The fraction of sp³-hybridized carbons (Fsp3) is 0.600. The zero-order valence-electron chi connectivity index (χ0n) is 11.5. The highest BCUT2D eigenvalue weighted by Crippen LogP contribution is 2.36. The molecule has 0 spiro atoms. The molecule has 0 aromatic carbocycles. The van der Waals surface area contributed by atoms with Crippen molar-refractivity contribution < 1.29 is 0 Å². The monoisotopic (exact) mass is 256 g/mol. The Morgan fingerprint density at radius 3 is 2.95 bits per heavy atom. The van der Waals surface area contributed by atoms with Crippen molar-refractivity contribution in [1.82, 2.24) is 19.1 Å². The Morgan fingerprint density at radius 2 is 2.11 bits per heavy atom. The first kappa shape index (κ1) is 11.3. The van der Waals surface area contributed by atoms with E-state index in [4.69, 9.17) is 4.98 Å². The zero-order valence-corrected chi connectivity index (χ0v) is 11.5. The number of hydrogen-bond acceptors (Lipinski definition) is 2. The second-order valence-electron chi connectivity index (χ2n) is 5.87. The first-order valence-electron chi connectivity index (χ1n) is 7.38. The van der Waals surface area contributed by atoms with Crippen LogP contribution in [-0.2, 0) is 19.4 Å². The van der Waals surface area contributed by atoms with Crippen molar-refractivity contribution in [3.63, 3.8) is 0 Å². The van der Waals surface area contributed by atoms with E-state index in [9.17, 15) is 0 Å². The van der Waals surface area contributed by atoms with Gasteiger partial charge in [0.25, 0.3) is 0 Å². The van der Waals surface area contributed by atoms with Crippen LogP contribution in [0.15, 0.2) is 12.5 Å². The third kappa shape index (κ3) is 1.90. The van der Waals surface area contributed by atoms with Gasteiger partial charge in [-0.1, -0.05) is 0 Å². The Kier molecular flexibility index (Phi) is 2.50. The summed E-state index contributed by atoms with van der Waals surface area (Å²) in [6.45, 7) is 3.07. The van der Waals surface area contributed by atoms with Crippen LogP contribution in [0.2, 0.25) is 0 Å². The van der Waals surface area contributed by atoms with Crippen LogP contribution in [0, 0.1) is 6.92 Å². The highest BCUT2D eigenvalue weighted by molar-refractivity contribution is 5.21. The number of aryl methyl sites for hydroxylation is 2. The fourth-order valence-electron chi connectivity index (χ4n) is 3.24. The number of fused-ring (bicyclic) bond motifs is 1. The van der Waals surface area contributed by atoms with Crippen LogP contribution in [0.5, 0.6) is 0 Å². The van der Waals surface area contributed by atoms with Crippen molar-refractivity contribution in [3.8, 4) is 0 Å². The molecule has 1 fully saturated rings. The summed E-state index contributed by atoms with van der Waals surface area (Å²) in [5.74, 6) is 1.16. The standard InChI is InChI=1S/C15H20N4/c1-11-17-14-4-2-3-5-15(14)18(11)9-13-8-16-10-19(13)12-6-7-12/h8,10,12H,2-7,9H2,1H3. The second kappa shape index (κ2) is 4.22. The van der Waals surface area contributed by atoms with Crippen molar-refractivity contribution in [3.05, 3.63) is 35.4 Å². The molecule has 4 nitrogen and oxygen atoms in total. The van der Waals surface area contributed by atoms with Crippen LogP contribution in [0.1, 0.15) is 54.6 Å². The quantitative estimate of drug-likeness (QED) is 0.846. The van der Waals surface area contributed by atoms with E-state index in [-0.39, 0.29) is 0 Å². The van der Waals surface area contributed by atoms with E-state index in [0.29, 0.717) is 6.04 Å². The van der Waals surface area contributed by atoms with Crippen LogP contribution in [0.25, 0.3) is 0 Å². The Hall–Kier alpha value is -1.58. The molecule has 0 unspecified atom stereocenters. The Morgan fingerprint density at radius 1 is 1.26 bits per heavy atom. The van der Waals surface area contributed by atoms with Crippen LogP contribution >= 0.6 is 0 Å². The molecule has 0 atom stereocenters. The predicted molar refractivity (Wildman–Crippen MR) is 73.2 cm³/mol. The van der Waals surface area contributed by atoms with Gasteiger partial charge in [0, 0.05) is 17.9 Å². The van der Waals surface area contributed by atoms with Gasteiger partial charge in [-0.25, -0.2) is 9.97 Å². The van der Waals surface area contributed by atoms with Gasteiger partial charge in [0.05, 0.1) is 24.3 Å². The van der Waals surface area contributed by atoms with Crippen molar-refractivity contribution >= 4 is 0 Å². The first-order chi connectivity index (χ1) is 9.33. The molecular formula is C15H20N4. The van der Waals surface area contributed by atoms with E-state index in [1.165, 1.54) is 49.2 Å². The molecule has 2 aromatic heterocycles. The van der Waals surface area contributed by atoms with Crippen LogP contribution in [0.4, 0.5) is 0 Å².